The van der Waals surface area contributed by atoms with Gasteiger partial charge in [-0.2, -0.15) is 65.5 Å². The van der Waals surface area contributed by atoms with Crippen LogP contribution in [0.4, 0.5) is 70.2 Å². The van der Waals surface area contributed by atoms with Gasteiger partial charge in [0.2, 0.25) is 5.67 Å². The predicted molar refractivity (Wildman–Crippen MR) is 105 cm³/mol. The zero-order valence-corrected chi connectivity index (χ0v) is 20.2. The third-order valence-electron chi connectivity index (χ3n) is 5.76. The molecule has 0 aliphatic rings. The first-order chi connectivity index (χ1) is 17.5. The number of hydrogen-bond acceptors (Lipinski definition) is 2. The van der Waals surface area contributed by atoms with E-state index in [1.807, 2.05) is 0 Å². The second kappa shape index (κ2) is 11.0. The lowest BCUT2D eigenvalue weighted by Gasteiger charge is -2.46. The number of aryl methyl sites for hydroxylation is 1. The molecule has 0 aliphatic carbocycles. The van der Waals surface area contributed by atoms with E-state index in [1.54, 1.807) is 0 Å². The van der Waals surface area contributed by atoms with E-state index in [4.69, 9.17) is 4.55 Å². The first kappa shape index (κ1) is 36.0. The quantitative estimate of drug-likeness (QED) is 0.128. The minimum atomic E-state index is -8.54. The fraction of sp³-hybridized carbons (Fsp3) is 0.700. The highest BCUT2D eigenvalue weighted by molar-refractivity contribution is 7.85. The summed E-state index contributed by atoms with van der Waals surface area (Å²) in [7, 11) is -5.62. The maximum Gasteiger partial charge on any atom is 0.460 e. The van der Waals surface area contributed by atoms with E-state index >= 15 is 4.39 Å². The largest absolute Gasteiger partial charge is 0.460 e. The summed E-state index contributed by atoms with van der Waals surface area (Å²) in [6.45, 7) is 0. The summed E-state index contributed by atoms with van der Waals surface area (Å²) in [4.78, 5) is 0. The normalized spacial score (nSPS) is 16.6. The molecule has 0 spiro atoms. The van der Waals surface area contributed by atoms with E-state index in [2.05, 4.69) is 0 Å². The first-order valence-corrected chi connectivity index (χ1v) is 12.2. The van der Waals surface area contributed by atoms with E-state index in [0.29, 0.717) is 5.56 Å². The molecule has 1 atom stereocenters. The Morgan fingerprint density at radius 1 is 0.575 bits per heavy atom. The molecule has 20 heteroatoms. The minimum absolute atomic E-state index is 0.290. The van der Waals surface area contributed by atoms with Crippen molar-refractivity contribution in [2.24, 2.45) is 0 Å². The van der Waals surface area contributed by atoms with Gasteiger partial charge in [0.1, 0.15) is 0 Å². The van der Waals surface area contributed by atoms with Crippen LogP contribution in [0.15, 0.2) is 30.3 Å². The third kappa shape index (κ3) is 6.25. The monoisotopic (exact) mass is 642 g/mol. The Bertz CT molecular complexity index is 1100. The van der Waals surface area contributed by atoms with Gasteiger partial charge >= 0.3 is 35.8 Å². The lowest BCUT2D eigenvalue weighted by Crippen LogP contribution is -2.75. The molecule has 0 bridgehead atoms. The number of halogens is 16. The Morgan fingerprint density at radius 3 is 1.43 bits per heavy atom. The second-order valence-corrected chi connectivity index (χ2v) is 10.2. The lowest BCUT2D eigenvalue weighted by atomic mass is 9.78. The molecule has 1 unspecified atom stereocenters. The molecule has 40 heavy (non-hydrogen) atoms. The van der Waals surface area contributed by atoms with Gasteiger partial charge in [-0.1, -0.05) is 30.3 Å². The van der Waals surface area contributed by atoms with E-state index in [9.17, 15) is 74.3 Å². The summed E-state index contributed by atoms with van der Waals surface area (Å²) in [5.74, 6) is -50.0. The molecular weight excluding hydrogens is 624 g/mol. The average Bonchev–Trinajstić information content (AvgIpc) is 2.79. The summed E-state index contributed by atoms with van der Waals surface area (Å²) in [5.41, 5.74) is -6.15. The fourth-order valence-corrected chi connectivity index (χ4v) is 3.90. The minimum Gasteiger partial charge on any atom is -0.286 e. The molecule has 1 aromatic rings. The predicted octanol–water partition coefficient (Wildman–Crippen LogP) is 7.76. The lowest BCUT2D eigenvalue weighted by molar-refractivity contribution is -0.453. The highest BCUT2D eigenvalue weighted by Crippen LogP contribution is 2.64. The standard InChI is InChI=1S/C20H18F16O3S/c21-13(14(22,23)10-11-40(37,38)39,9-5-4-8-12-6-2-1-3-7-12)15(24,25)16(26,27)17(28,29)18(30,31)19(32,33)20(34,35)36/h1-3,6-7H,4-5,8-11H2,(H,37,38,39). The van der Waals surface area contributed by atoms with Gasteiger partial charge in [0.15, 0.2) is 0 Å². The van der Waals surface area contributed by atoms with Crippen LogP contribution in [0.2, 0.25) is 0 Å². The number of benzene rings is 1. The smallest absolute Gasteiger partial charge is 0.286 e. The molecule has 1 rings (SSSR count). The van der Waals surface area contributed by atoms with Crippen molar-refractivity contribution in [3.8, 4) is 0 Å². The van der Waals surface area contributed by atoms with Crippen molar-refractivity contribution in [1.82, 2.24) is 0 Å². The van der Waals surface area contributed by atoms with E-state index in [1.165, 1.54) is 30.3 Å². The summed E-state index contributed by atoms with van der Waals surface area (Å²) < 4.78 is 250. The van der Waals surface area contributed by atoms with Crippen molar-refractivity contribution in [1.29, 1.82) is 0 Å². The maximum absolute atomic E-state index is 15.3. The van der Waals surface area contributed by atoms with Crippen LogP contribution in [0.25, 0.3) is 0 Å². The highest BCUT2D eigenvalue weighted by atomic mass is 32.2. The Hall–Kier alpha value is -1.99. The number of rotatable bonds is 14. The summed E-state index contributed by atoms with van der Waals surface area (Å²) in [6, 6.07) is 6.94. The van der Waals surface area contributed by atoms with Gasteiger partial charge in [-0.05, 0) is 31.2 Å². The van der Waals surface area contributed by atoms with Crippen molar-refractivity contribution >= 4 is 10.1 Å². The van der Waals surface area contributed by atoms with Gasteiger partial charge < -0.3 is 0 Å². The zero-order valence-electron chi connectivity index (χ0n) is 19.3. The van der Waals surface area contributed by atoms with Gasteiger partial charge in [0.05, 0.1) is 5.75 Å². The van der Waals surface area contributed by atoms with Gasteiger partial charge in [-0.15, -0.1) is 0 Å². The number of unbranched alkanes of at least 4 members (excludes halogenated alkanes) is 1. The van der Waals surface area contributed by atoms with Crippen LogP contribution >= 0.6 is 0 Å². The molecule has 0 amide bonds. The highest BCUT2D eigenvalue weighted by Gasteiger charge is 2.94. The van der Waals surface area contributed by atoms with Crippen molar-refractivity contribution in [2.45, 2.75) is 79.5 Å². The molecular formula is C20H18F16O3S. The molecule has 0 radical (unpaired) electrons. The SMILES string of the molecule is O=S(=O)(O)CCC(F)(F)C(F)(CCCCc1ccccc1)C(F)(F)C(F)(F)C(F)(F)C(F)(F)C(F)(F)C(F)(F)F. The van der Waals surface area contributed by atoms with Crippen LogP contribution in [0.3, 0.4) is 0 Å². The maximum atomic E-state index is 15.3. The van der Waals surface area contributed by atoms with Crippen LogP contribution in [-0.2, 0) is 16.5 Å². The Balaban J connectivity index is 3.64. The van der Waals surface area contributed by atoms with Gasteiger partial charge in [0, 0.05) is 6.42 Å². The van der Waals surface area contributed by atoms with Crippen molar-refractivity contribution in [2.75, 3.05) is 5.75 Å². The van der Waals surface area contributed by atoms with E-state index < -0.39 is 88.9 Å². The molecule has 1 aromatic carbocycles. The summed E-state index contributed by atoms with van der Waals surface area (Å²) in [6.07, 6.45) is -15.6. The Kier molecular flexibility index (Phi) is 9.92. The first-order valence-electron chi connectivity index (χ1n) is 10.5. The van der Waals surface area contributed by atoms with Crippen molar-refractivity contribution in [3.05, 3.63) is 35.9 Å². The number of alkyl halides is 16. The third-order valence-corrected chi connectivity index (χ3v) is 6.48. The Morgan fingerprint density at radius 2 is 1.00 bits per heavy atom. The van der Waals surface area contributed by atoms with E-state index in [0.717, 1.165) is 0 Å². The molecule has 0 saturated carbocycles. The summed E-state index contributed by atoms with van der Waals surface area (Å²) in [5, 5.41) is 0. The van der Waals surface area contributed by atoms with E-state index in [-0.39, 0.29) is 6.42 Å². The van der Waals surface area contributed by atoms with Crippen LogP contribution < -0.4 is 0 Å². The molecule has 0 aliphatic heterocycles. The van der Waals surface area contributed by atoms with Crippen LogP contribution in [0.5, 0.6) is 0 Å². The van der Waals surface area contributed by atoms with Crippen LogP contribution in [0.1, 0.15) is 31.2 Å². The molecule has 0 fully saturated rings. The molecule has 0 aromatic heterocycles. The van der Waals surface area contributed by atoms with Gasteiger partial charge in [0.25, 0.3) is 16.0 Å². The zero-order chi connectivity index (χ0) is 31.9. The van der Waals surface area contributed by atoms with Crippen molar-refractivity contribution in [3.63, 3.8) is 0 Å². The van der Waals surface area contributed by atoms with Crippen LogP contribution in [0, 0.1) is 0 Å². The van der Waals surface area contributed by atoms with Gasteiger partial charge in [-0.3, -0.25) is 4.55 Å². The van der Waals surface area contributed by atoms with Crippen molar-refractivity contribution < 1.29 is 83.2 Å². The average molecular weight is 642 g/mol. The molecule has 0 saturated heterocycles. The molecule has 234 valence electrons. The van der Waals surface area contributed by atoms with Gasteiger partial charge in [-0.25, -0.2) is 13.2 Å². The molecule has 3 nitrogen and oxygen atoms in total. The second-order valence-electron chi connectivity index (χ2n) is 8.60. The Labute approximate surface area is 215 Å². The number of hydrogen-bond donors (Lipinski definition) is 1. The molecule has 0 heterocycles. The van der Waals surface area contributed by atoms with Crippen LogP contribution in [-0.4, -0.2) is 66.1 Å². The summed E-state index contributed by atoms with van der Waals surface area (Å²) >= 11 is 0. The fourth-order valence-electron chi connectivity index (χ4n) is 3.39. The molecule has 1 N–H and O–H groups in total. The topological polar surface area (TPSA) is 54.4 Å².